The number of fused-ring (bicyclic) bond motifs is 1. The number of aromatic carboxylic acids is 1. The summed E-state index contributed by atoms with van der Waals surface area (Å²) in [6, 6.07) is 22.6. The number of carboxylic acids is 1. The molecule has 4 aromatic rings. The van der Waals surface area contributed by atoms with Gasteiger partial charge in [-0.25, -0.2) is 0 Å². The van der Waals surface area contributed by atoms with Crippen molar-refractivity contribution in [2.45, 2.75) is 10.6 Å². The van der Waals surface area contributed by atoms with Crippen LogP contribution < -0.4 is 10.0 Å². The van der Waals surface area contributed by atoms with E-state index < -0.39 is 5.97 Å². The number of pyridine rings is 1. The molecule has 152 valence electrons. The second-order valence-electron chi connectivity index (χ2n) is 6.93. The second kappa shape index (κ2) is 8.90. The minimum absolute atomic E-state index is 0.206. The van der Waals surface area contributed by atoms with Crippen molar-refractivity contribution in [2.75, 3.05) is 11.9 Å². The number of carbonyl (C=O) groups excluding carboxylic acids is 1. The van der Waals surface area contributed by atoms with Crippen LogP contribution in [0.25, 0.3) is 10.8 Å². The van der Waals surface area contributed by atoms with Crippen molar-refractivity contribution in [3.63, 3.8) is 0 Å². The Bertz CT molecular complexity index is 1310. The molecule has 0 fully saturated rings. The van der Waals surface area contributed by atoms with Crippen LogP contribution in [0.3, 0.4) is 0 Å². The lowest BCUT2D eigenvalue weighted by Crippen LogP contribution is -2.23. The number of rotatable bonds is 6. The Balaban J connectivity index is 1.69. The number of benzene rings is 3. The van der Waals surface area contributed by atoms with Crippen LogP contribution in [0.5, 0.6) is 0 Å². The quantitative estimate of drug-likeness (QED) is 0.423. The second-order valence-corrected chi connectivity index (χ2v) is 7.94. The van der Waals surface area contributed by atoms with E-state index in [4.69, 9.17) is 0 Å². The van der Waals surface area contributed by atoms with Crippen LogP contribution in [0.15, 0.2) is 84.0 Å². The van der Waals surface area contributed by atoms with Gasteiger partial charge in [-0.3, -0.25) is 4.98 Å². The van der Waals surface area contributed by atoms with Gasteiger partial charge in [-0.05, 0) is 23.8 Å². The molecule has 1 aromatic heterocycles. The van der Waals surface area contributed by atoms with Gasteiger partial charge in [0.2, 0.25) is 0 Å². The molecule has 0 aliphatic carbocycles. The van der Waals surface area contributed by atoms with Crippen LogP contribution in [0, 0.1) is 11.3 Å². The highest BCUT2D eigenvalue weighted by molar-refractivity contribution is 7.98. The molecule has 0 saturated carbocycles. The van der Waals surface area contributed by atoms with Gasteiger partial charge < -0.3 is 14.8 Å². The molecule has 0 spiro atoms. The minimum Gasteiger partial charge on any atom is -0.545 e. The molecule has 0 N–H and O–H groups in total. The fourth-order valence-electron chi connectivity index (χ4n) is 3.55. The number of aromatic nitrogens is 1. The van der Waals surface area contributed by atoms with E-state index in [2.05, 4.69) is 11.1 Å². The molecule has 1 heterocycles. The van der Waals surface area contributed by atoms with Crippen molar-refractivity contribution < 1.29 is 9.90 Å². The smallest absolute Gasteiger partial charge is 0.0998 e. The zero-order chi connectivity index (χ0) is 21.8. The summed E-state index contributed by atoms with van der Waals surface area (Å²) in [6.45, 7) is 0. The number of nitrogens with zero attached hydrogens (tertiary/aromatic N) is 3. The standard InChI is InChI=1S/C25H19N3O2S/c1-28(22-11-10-17(14-26)19-7-4-5-9-21(19)22)23-15-27-13-12-24(23)31-16-18-6-2-3-8-20(18)25(29)30/h2-13,15H,16H2,1H3,(H,29,30)/p-1. The van der Waals surface area contributed by atoms with Crippen molar-refractivity contribution >= 4 is 39.9 Å². The summed E-state index contributed by atoms with van der Waals surface area (Å²) in [6.07, 6.45) is 3.52. The molecule has 0 aliphatic rings. The molecular weight excluding hydrogens is 406 g/mol. The first kappa shape index (κ1) is 20.5. The maximum Gasteiger partial charge on any atom is 0.0998 e. The third-order valence-electron chi connectivity index (χ3n) is 5.13. The Morgan fingerprint density at radius 3 is 2.55 bits per heavy atom. The molecule has 0 saturated heterocycles. The summed E-state index contributed by atoms with van der Waals surface area (Å²) in [5, 5.41) is 22.7. The van der Waals surface area contributed by atoms with Gasteiger partial charge in [0.25, 0.3) is 0 Å². The summed E-state index contributed by atoms with van der Waals surface area (Å²) in [7, 11) is 1.96. The molecule has 0 amide bonds. The summed E-state index contributed by atoms with van der Waals surface area (Å²) < 4.78 is 0. The van der Waals surface area contributed by atoms with Crippen LogP contribution in [0.4, 0.5) is 11.4 Å². The minimum atomic E-state index is -1.17. The van der Waals surface area contributed by atoms with Gasteiger partial charge in [0.1, 0.15) is 0 Å². The Kier molecular flexibility index (Phi) is 5.87. The number of nitriles is 1. The molecular formula is C25H18N3O2S-. The van der Waals surface area contributed by atoms with Gasteiger partial charge in [-0.2, -0.15) is 5.26 Å². The van der Waals surface area contributed by atoms with Gasteiger partial charge in [0, 0.05) is 45.9 Å². The van der Waals surface area contributed by atoms with Gasteiger partial charge in [0.05, 0.1) is 29.5 Å². The van der Waals surface area contributed by atoms with Crippen LogP contribution in [-0.4, -0.2) is 18.0 Å². The van der Waals surface area contributed by atoms with Crippen molar-refractivity contribution in [2.24, 2.45) is 0 Å². The fraction of sp³-hybridized carbons (Fsp3) is 0.0800. The lowest BCUT2D eigenvalue weighted by Gasteiger charge is -2.24. The molecule has 5 nitrogen and oxygen atoms in total. The summed E-state index contributed by atoms with van der Waals surface area (Å²) in [5.74, 6) is -0.685. The third-order valence-corrected chi connectivity index (χ3v) is 6.24. The fourth-order valence-corrected chi connectivity index (χ4v) is 4.61. The molecule has 4 rings (SSSR count). The van der Waals surface area contributed by atoms with Gasteiger partial charge >= 0.3 is 0 Å². The van der Waals surface area contributed by atoms with E-state index in [1.165, 1.54) is 0 Å². The van der Waals surface area contributed by atoms with Crippen molar-refractivity contribution in [1.29, 1.82) is 5.26 Å². The SMILES string of the molecule is CN(c1cnccc1SCc1ccccc1C(=O)[O-])c1ccc(C#N)c2ccccc12. The molecule has 0 unspecified atom stereocenters. The lowest BCUT2D eigenvalue weighted by atomic mass is 10.0. The third kappa shape index (κ3) is 4.09. The molecule has 0 radical (unpaired) electrons. The van der Waals surface area contributed by atoms with E-state index in [1.807, 2.05) is 60.5 Å². The molecule has 0 bridgehead atoms. The molecule has 3 aromatic carbocycles. The van der Waals surface area contributed by atoms with Crippen LogP contribution in [-0.2, 0) is 5.75 Å². The number of hydrogen-bond acceptors (Lipinski definition) is 6. The van der Waals surface area contributed by atoms with Crippen molar-refractivity contribution in [1.82, 2.24) is 4.98 Å². The predicted octanol–water partition coefficient (Wildman–Crippen LogP) is 4.53. The first-order valence-electron chi connectivity index (χ1n) is 9.62. The highest BCUT2D eigenvalue weighted by Gasteiger charge is 2.15. The van der Waals surface area contributed by atoms with Crippen LogP contribution >= 0.6 is 11.8 Å². The number of carbonyl (C=O) groups is 1. The lowest BCUT2D eigenvalue weighted by molar-refractivity contribution is -0.255. The Morgan fingerprint density at radius 1 is 1.03 bits per heavy atom. The van der Waals surface area contributed by atoms with Gasteiger partial charge in [-0.1, -0.05) is 48.5 Å². The highest BCUT2D eigenvalue weighted by Crippen LogP contribution is 2.38. The van der Waals surface area contributed by atoms with E-state index in [1.54, 1.807) is 42.4 Å². The number of carboxylic acid groups (broad SMARTS) is 1. The Hall–Kier alpha value is -3.82. The zero-order valence-electron chi connectivity index (χ0n) is 16.8. The summed E-state index contributed by atoms with van der Waals surface area (Å²) >= 11 is 1.54. The average Bonchev–Trinajstić information content (AvgIpc) is 2.82. The van der Waals surface area contributed by atoms with E-state index in [-0.39, 0.29) is 5.56 Å². The van der Waals surface area contributed by atoms with E-state index >= 15 is 0 Å². The molecule has 0 atom stereocenters. The summed E-state index contributed by atoms with van der Waals surface area (Å²) in [5.41, 5.74) is 3.40. The Morgan fingerprint density at radius 2 is 1.77 bits per heavy atom. The number of hydrogen-bond donors (Lipinski definition) is 0. The van der Waals surface area contributed by atoms with Gasteiger partial charge in [0.15, 0.2) is 0 Å². The van der Waals surface area contributed by atoms with Gasteiger partial charge in [-0.15, -0.1) is 11.8 Å². The Labute approximate surface area is 184 Å². The topological polar surface area (TPSA) is 80.1 Å². The van der Waals surface area contributed by atoms with E-state index in [9.17, 15) is 15.2 Å². The molecule has 31 heavy (non-hydrogen) atoms. The maximum atomic E-state index is 11.4. The molecule has 0 aliphatic heterocycles. The zero-order valence-corrected chi connectivity index (χ0v) is 17.6. The van der Waals surface area contributed by atoms with Crippen molar-refractivity contribution in [3.05, 3.63) is 95.8 Å². The normalized spacial score (nSPS) is 10.6. The van der Waals surface area contributed by atoms with Crippen LogP contribution in [0.1, 0.15) is 21.5 Å². The summed E-state index contributed by atoms with van der Waals surface area (Å²) in [4.78, 5) is 18.7. The first-order valence-corrected chi connectivity index (χ1v) is 10.6. The molecule has 6 heteroatoms. The van der Waals surface area contributed by atoms with Crippen LogP contribution in [0.2, 0.25) is 0 Å². The largest absolute Gasteiger partial charge is 0.545 e. The predicted molar refractivity (Wildman–Crippen MR) is 121 cm³/mol. The van der Waals surface area contributed by atoms with E-state index in [0.29, 0.717) is 16.9 Å². The monoisotopic (exact) mass is 424 g/mol. The van der Waals surface area contributed by atoms with Crippen molar-refractivity contribution in [3.8, 4) is 6.07 Å². The van der Waals surface area contributed by atoms with E-state index in [0.717, 1.165) is 27.0 Å². The first-order chi connectivity index (χ1) is 15.1. The highest BCUT2D eigenvalue weighted by atomic mass is 32.2. The average molecular weight is 425 g/mol. The number of anilines is 2. The number of thioether (sulfide) groups is 1. The maximum absolute atomic E-state index is 11.4.